The number of amides is 2. The summed E-state index contributed by atoms with van der Waals surface area (Å²) in [6.07, 6.45) is 1.67. The van der Waals surface area contributed by atoms with Crippen molar-refractivity contribution >= 4 is 23.7 Å². The first-order valence-electron chi connectivity index (χ1n) is 8.99. The number of hydrogen-bond donors (Lipinski definition) is 2. The summed E-state index contributed by atoms with van der Waals surface area (Å²) < 4.78 is 10.8. The fraction of sp³-hybridized carbons (Fsp3) is 0.286. The zero-order valence-electron chi connectivity index (χ0n) is 16.3. The van der Waals surface area contributed by atoms with Crippen molar-refractivity contribution in [1.82, 2.24) is 5.43 Å². The number of anilines is 1. The van der Waals surface area contributed by atoms with Gasteiger partial charge >= 0.3 is 0 Å². The Morgan fingerprint density at radius 3 is 2.57 bits per heavy atom. The molecule has 0 atom stereocenters. The second-order valence-electron chi connectivity index (χ2n) is 6.28. The number of para-hydroxylation sites is 2. The molecule has 0 bridgehead atoms. The number of nitrogens with one attached hydrogen (secondary N) is 2. The second kappa shape index (κ2) is 10.7. The zero-order chi connectivity index (χ0) is 20.4. The average Bonchev–Trinajstić information content (AvgIpc) is 2.66. The highest BCUT2D eigenvalue weighted by atomic mass is 16.5. The molecular formula is C21H25N3O4. The number of carbonyl (C=O) groups excluding carboxylic acids is 2. The van der Waals surface area contributed by atoms with Gasteiger partial charge in [-0.3, -0.25) is 9.59 Å². The fourth-order valence-electron chi connectivity index (χ4n) is 2.36. The molecule has 0 saturated carbocycles. The van der Waals surface area contributed by atoms with Gasteiger partial charge in [0.15, 0.2) is 0 Å². The first kappa shape index (κ1) is 21.0. The van der Waals surface area contributed by atoms with Crippen molar-refractivity contribution in [1.29, 1.82) is 0 Å². The maximum absolute atomic E-state index is 12.0. The molecule has 0 aliphatic rings. The van der Waals surface area contributed by atoms with E-state index in [0.717, 1.165) is 11.3 Å². The van der Waals surface area contributed by atoms with Crippen molar-refractivity contribution in [3.8, 4) is 11.5 Å². The Morgan fingerprint density at radius 1 is 1.07 bits per heavy atom. The van der Waals surface area contributed by atoms with Crippen LogP contribution in [0.4, 0.5) is 5.69 Å². The molecule has 0 fully saturated rings. The summed E-state index contributed by atoms with van der Waals surface area (Å²) in [6.45, 7) is 3.90. The lowest BCUT2D eigenvalue weighted by molar-refractivity contribution is -0.124. The van der Waals surface area contributed by atoms with Crippen LogP contribution in [0, 0.1) is 0 Å². The number of ether oxygens (including phenoxy) is 2. The fourth-order valence-corrected chi connectivity index (χ4v) is 2.36. The molecule has 148 valence electrons. The molecule has 0 spiro atoms. The largest absolute Gasteiger partial charge is 0.495 e. The number of benzene rings is 2. The molecule has 7 heteroatoms. The van der Waals surface area contributed by atoms with E-state index in [1.165, 1.54) is 13.3 Å². The third kappa shape index (κ3) is 7.11. The van der Waals surface area contributed by atoms with Crippen LogP contribution in [0.3, 0.4) is 0 Å². The second-order valence-corrected chi connectivity index (χ2v) is 6.28. The molecule has 2 amide bonds. The van der Waals surface area contributed by atoms with Gasteiger partial charge in [-0.05, 0) is 43.7 Å². The van der Waals surface area contributed by atoms with Crippen molar-refractivity contribution in [2.45, 2.75) is 32.8 Å². The standard InChI is InChI=1S/C21H25N3O4/c1-15(2)28-17-8-6-7-16(13-17)14-22-24-21(26)12-11-20(25)23-18-9-4-5-10-19(18)27-3/h4-10,13-15H,11-12H2,1-3H3,(H,23,25)(H,24,26). The summed E-state index contributed by atoms with van der Waals surface area (Å²) in [7, 11) is 1.53. The van der Waals surface area contributed by atoms with E-state index in [1.807, 2.05) is 44.2 Å². The van der Waals surface area contributed by atoms with Crippen LogP contribution in [0.2, 0.25) is 0 Å². The van der Waals surface area contributed by atoms with E-state index in [9.17, 15) is 9.59 Å². The van der Waals surface area contributed by atoms with E-state index < -0.39 is 0 Å². The Balaban J connectivity index is 1.78. The van der Waals surface area contributed by atoms with Crippen molar-refractivity contribution in [2.24, 2.45) is 5.10 Å². The zero-order valence-corrected chi connectivity index (χ0v) is 16.3. The van der Waals surface area contributed by atoms with Crippen molar-refractivity contribution in [3.05, 3.63) is 54.1 Å². The highest BCUT2D eigenvalue weighted by Crippen LogP contribution is 2.23. The number of methoxy groups -OCH3 is 1. The van der Waals surface area contributed by atoms with Crippen molar-refractivity contribution in [3.63, 3.8) is 0 Å². The lowest BCUT2D eigenvalue weighted by Crippen LogP contribution is -2.20. The summed E-state index contributed by atoms with van der Waals surface area (Å²) in [4.78, 5) is 23.9. The molecule has 0 saturated heterocycles. The van der Waals surface area contributed by atoms with Gasteiger partial charge in [-0.2, -0.15) is 5.10 Å². The van der Waals surface area contributed by atoms with Gasteiger partial charge in [0, 0.05) is 12.8 Å². The molecule has 0 unspecified atom stereocenters. The molecule has 0 radical (unpaired) electrons. The van der Waals surface area contributed by atoms with Crippen LogP contribution < -0.4 is 20.2 Å². The third-order valence-electron chi connectivity index (χ3n) is 3.59. The van der Waals surface area contributed by atoms with Crippen LogP contribution in [0.25, 0.3) is 0 Å². The first-order chi connectivity index (χ1) is 13.5. The molecule has 2 aromatic carbocycles. The van der Waals surface area contributed by atoms with E-state index in [2.05, 4.69) is 15.8 Å². The highest BCUT2D eigenvalue weighted by Gasteiger charge is 2.09. The quantitative estimate of drug-likeness (QED) is 0.513. The Labute approximate surface area is 164 Å². The van der Waals surface area contributed by atoms with E-state index in [1.54, 1.807) is 18.2 Å². The summed E-state index contributed by atoms with van der Waals surface area (Å²) in [5.41, 5.74) is 3.78. The van der Waals surface area contributed by atoms with Gasteiger partial charge in [0.1, 0.15) is 11.5 Å². The van der Waals surface area contributed by atoms with Crippen LogP contribution in [-0.4, -0.2) is 31.2 Å². The minimum Gasteiger partial charge on any atom is -0.495 e. The van der Waals surface area contributed by atoms with Gasteiger partial charge in [-0.25, -0.2) is 5.43 Å². The molecule has 28 heavy (non-hydrogen) atoms. The maximum Gasteiger partial charge on any atom is 0.240 e. The summed E-state index contributed by atoms with van der Waals surface area (Å²) in [5, 5.41) is 6.64. The molecule has 2 N–H and O–H groups in total. The van der Waals surface area contributed by atoms with Gasteiger partial charge in [-0.1, -0.05) is 24.3 Å². The van der Waals surface area contributed by atoms with E-state index >= 15 is 0 Å². The first-order valence-corrected chi connectivity index (χ1v) is 8.99. The number of hydrogen-bond acceptors (Lipinski definition) is 5. The average molecular weight is 383 g/mol. The number of rotatable bonds is 9. The van der Waals surface area contributed by atoms with Crippen molar-refractivity contribution in [2.75, 3.05) is 12.4 Å². The van der Waals surface area contributed by atoms with Gasteiger partial charge in [0.25, 0.3) is 0 Å². The third-order valence-corrected chi connectivity index (χ3v) is 3.59. The van der Waals surface area contributed by atoms with Crippen LogP contribution in [0.15, 0.2) is 53.6 Å². The molecule has 7 nitrogen and oxygen atoms in total. The molecular weight excluding hydrogens is 358 g/mol. The Kier molecular flexibility index (Phi) is 8.02. The lowest BCUT2D eigenvalue weighted by atomic mass is 10.2. The van der Waals surface area contributed by atoms with Crippen LogP contribution in [-0.2, 0) is 9.59 Å². The van der Waals surface area contributed by atoms with Crippen LogP contribution >= 0.6 is 0 Å². The number of hydrazone groups is 1. The monoisotopic (exact) mass is 383 g/mol. The van der Waals surface area contributed by atoms with E-state index in [0.29, 0.717) is 11.4 Å². The predicted octanol–water partition coefficient (Wildman–Crippen LogP) is 3.35. The Hall–Kier alpha value is -3.35. The van der Waals surface area contributed by atoms with Gasteiger partial charge in [-0.15, -0.1) is 0 Å². The van der Waals surface area contributed by atoms with Crippen LogP contribution in [0.5, 0.6) is 11.5 Å². The minimum absolute atomic E-state index is 0.0226. The Bertz CT molecular complexity index is 834. The normalized spacial score (nSPS) is 10.7. The predicted molar refractivity (Wildman–Crippen MR) is 109 cm³/mol. The van der Waals surface area contributed by atoms with Gasteiger partial charge in [0.05, 0.1) is 25.1 Å². The highest BCUT2D eigenvalue weighted by molar-refractivity contribution is 5.94. The topological polar surface area (TPSA) is 89.0 Å². The van der Waals surface area contributed by atoms with Gasteiger partial charge < -0.3 is 14.8 Å². The van der Waals surface area contributed by atoms with Gasteiger partial charge in [0.2, 0.25) is 11.8 Å². The summed E-state index contributed by atoms with van der Waals surface area (Å²) >= 11 is 0. The molecule has 0 aromatic heterocycles. The summed E-state index contributed by atoms with van der Waals surface area (Å²) in [6, 6.07) is 14.5. The molecule has 2 aromatic rings. The smallest absolute Gasteiger partial charge is 0.240 e. The minimum atomic E-state index is -0.346. The van der Waals surface area contributed by atoms with Crippen LogP contribution in [0.1, 0.15) is 32.3 Å². The summed E-state index contributed by atoms with van der Waals surface area (Å²) in [5.74, 6) is 0.676. The lowest BCUT2D eigenvalue weighted by Gasteiger charge is -2.09. The SMILES string of the molecule is COc1ccccc1NC(=O)CCC(=O)NN=Cc1cccc(OC(C)C)c1. The molecule has 0 aliphatic heterocycles. The molecule has 2 rings (SSSR count). The maximum atomic E-state index is 12.0. The van der Waals surface area contributed by atoms with E-state index in [-0.39, 0.29) is 30.8 Å². The number of nitrogens with zero attached hydrogens (tertiary/aromatic N) is 1. The number of carbonyl (C=O) groups is 2. The molecule has 0 aliphatic carbocycles. The Morgan fingerprint density at radius 2 is 1.82 bits per heavy atom. The molecule has 0 heterocycles. The van der Waals surface area contributed by atoms with Crippen molar-refractivity contribution < 1.29 is 19.1 Å². The van der Waals surface area contributed by atoms with E-state index in [4.69, 9.17) is 9.47 Å².